The molecule has 0 fully saturated rings. The predicted octanol–water partition coefficient (Wildman–Crippen LogP) is 3.19. The van der Waals surface area contributed by atoms with Crippen molar-refractivity contribution in [1.29, 1.82) is 0 Å². The second-order valence-corrected chi connectivity index (χ2v) is 4.88. The normalized spacial score (nSPS) is 14.1. The largest absolute Gasteiger partial charge is 0.337 e. The average Bonchev–Trinajstić information content (AvgIpc) is 2.89. The molecule has 0 saturated heterocycles. The van der Waals surface area contributed by atoms with Crippen LogP contribution in [0.1, 0.15) is 32.6 Å². The summed E-state index contributed by atoms with van der Waals surface area (Å²) in [5, 5.41) is 7.92. The van der Waals surface area contributed by atoms with Gasteiger partial charge in [0.05, 0.1) is 5.54 Å². The molecule has 0 spiro atoms. The zero-order valence-corrected chi connectivity index (χ0v) is 11.5. The third kappa shape index (κ3) is 3.06. The number of hydrogen-bond donors (Lipinski definition) is 1. The summed E-state index contributed by atoms with van der Waals surface area (Å²) in [7, 11) is 0. The molecular weight excluding hydrogens is 258 g/mol. The minimum Gasteiger partial charge on any atom is -0.337 e. The second kappa shape index (κ2) is 5.62. The van der Waals surface area contributed by atoms with E-state index in [0.717, 1.165) is 18.4 Å². The van der Waals surface area contributed by atoms with Gasteiger partial charge in [0.15, 0.2) is 0 Å². The van der Waals surface area contributed by atoms with Crippen molar-refractivity contribution in [1.82, 2.24) is 10.1 Å². The fraction of sp³-hybridized carbons (Fsp3) is 0.455. The Morgan fingerprint density at radius 2 is 2.29 bits per heavy atom. The molecule has 0 amide bonds. The van der Waals surface area contributed by atoms with E-state index in [1.807, 2.05) is 23.8 Å². The third-order valence-corrected chi connectivity index (χ3v) is 3.15. The zero-order valence-electron chi connectivity index (χ0n) is 9.84. The Hall–Kier alpha value is -0.910. The van der Waals surface area contributed by atoms with E-state index >= 15 is 0 Å². The van der Waals surface area contributed by atoms with Crippen molar-refractivity contribution in [2.45, 2.75) is 32.2 Å². The Kier molecular flexibility index (Phi) is 4.68. The van der Waals surface area contributed by atoms with Crippen LogP contribution in [0.4, 0.5) is 0 Å². The molecule has 2 heterocycles. The van der Waals surface area contributed by atoms with Crippen LogP contribution in [0.5, 0.6) is 0 Å². The van der Waals surface area contributed by atoms with Gasteiger partial charge in [0.1, 0.15) is 0 Å². The molecule has 0 saturated carbocycles. The van der Waals surface area contributed by atoms with Crippen LogP contribution in [0.15, 0.2) is 21.3 Å². The van der Waals surface area contributed by atoms with Crippen LogP contribution in [-0.4, -0.2) is 10.1 Å². The second-order valence-electron chi connectivity index (χ2n) is 4.10. The first-order chi connectivity index (χ1) is 7.63. The smallest absolute Gasteiger partial charge is 0.246 e. The van der Waals surface area contributed by atoms with Gasteiger partial charge >= 0.3 is 0 Å². The Morgan fingerprint density at radius 1 is 1.53 bits per heavy atom. The number of aromatic nitrogens is 2. The first-order valence-corrected chi connectivity index (χ1v) is 6.23. The molecule has 0 aliphatic carbocycles. The van der Waals surface area contributed by atoms with Gasteiger partial charge in [-0.1, -0.05) is 18.5 Å². The lowest BCUT2D eigenvalue weighted by atomic mass is 9.98. The van der Waals surface area contributed by atoms with E-state index in [1.165, 1.54) is 0 Å². The van der Waals surface area contributed by atoms with E-state index in [4.69, 9.17) is 10.3 Å². The molecular formula is C11H16ClN3OS. The first-order valence-electron chi connectivity index (χ1n) is 5.29. The van der Waals surface area contributed by atoms with Crippen molar-refractivity contribution in [2.24, 2.45) is 5.73 Å². The molecule has 6 heteroatoms. The number of nitrogens with two attached hydrogens (primary N) is 1. The highest BCUT2D eigenvalue weighted by Crippen LogP contribution is 2.25. The van der Waals surface area contributed by atoms with Crippen LogP contribution in [0, 0.1) is 0 Å². The molecule has 1 atom stereocenters. The molecule has 4 nitrogen and oxygen atoms in total. The summed E-state index contributed by atoms with van der Waals surface area (Å²) in [4.78, 5) is 4.35. The summed E-state index contributed by atoms with van der Waals surface area (Å²) >= 11 is 1.61. The highest BCUT2D eigenvalue weighted by molar-refractivity contribution is 7.08. The molecule has 2 N–H and O–H groups in total. The maximum Gasteiger partial charge on any atom is 0.246 e. The summed E-state index contributed by atoms with van der Waals surface area (Å²) < 4.78 is 5.22. The van der Waals surface area contributed by atoms with Crippen molar-refractivity contribution in [3.8, 4) is 11.4 Å². The highest BCUT2D eigenvalue weighted by Gasteiger charge is 2.27. The molecule has 0 aromatic carbocycles. The average molecular weight is 274 g/mol. The van der Waals surface area contributed by atoms with Crippen molar-refractivity contribution in [3.05, 3.63) is 22.7 Å². The monoisotopic (exact) mass is 273 g/mol. The van der Waals surface area contributed by atoms with Crippen LogP contribution in [0.3, 0.4) is 0 Å². The molecule has 0 bridgehead atoms. The fourth-order valence-electron chi connectivity index (χ4n) is 1.59. The summed E-state index contributed by atoms with van der Waals surface area (Å²) in [6, 6.07) is 1.97. The van der Waals surface area contributed by atoms with Crippen LogP contribution in [0.2, 0.25) is 0 Å². The van der Waals surface area contributed by atoms with Crippen molar-refractivity contribution >= 4 is 23.7 Å². The summed E-state index contributed by atoms with van der Waals surface area (Å²) in [6.45, 7) is 4.00. The topological polar surface area (TPSA) is 64.9 Å². The Balaban J connectivity index is 0.00000144. The third-order valence-electron chi connectivity index (χ3n) is 2.46. The molecule has 2 aromatic heterocycles. The standard InChI is InChI=1S/C11H15N3OS.ClH/c1-3-5-11(2,12)10-13-9(14-15-10)8-4-6-16-7-8;/h4,6-7H,3,5,12H2,1-2H3;1H. The Bertz CT molecular complexity index is 453. The van der Waals surface area contributed by atoms with Crippen LogP contribution in [0.25, 0.3) is 11.4 Å². The first kappa shape index (κ1) is 14.2. The van der Waals surface area contributed by atoms with Gasteiger partial charge in [0.2, 0.25) is 11.7 Å². The number of hydrogen-bond acceptors (Lipinski definition) is 5. The van der Waals surface area contributed by atoms with Gasteiger partial charge in [-0.25, -0.2) is 0 Å². The van der Waals surface area contributed by atoms with E-state index in [9.17, 15) is 0 Å². The quantitative estimate of drug-likeness (QED) is 0.929. The van der Waals surface area contributed by atoms with E-state index in [-0.39, 0.29) is 12.4 Å². The fourth-order valence-corrected chi connectivity index (χ4v) is 2.23. The molecule has 0 radical (unpaired) electrons. The maximum absolute atomic E-state index is 6.12. The van der Waals surface area contributed by atoms with Gasteiger partial charge in [0, 0.05) is 10.9 Å². The summed E-state index contributed by atoms with van der Waals surface area (Å²) in [6.07, 6.45) is 1.82. The van der Waals surface area contributed by atoms with Gasteiger partial charge < -0.3 is 10.3 Å². The molecule has 0 aliphatic rings. The van der Waals surface area contributed by atoms with Gasteiger partial charge in [-0.3, -0.25) is 0 Å². The van der Waals surface area contributed by atoms with E-state index in [2.05, 4.69) is 17.1 Å². The minimum absolute atomic E-state index is 0. The zero-order chi connectivity index (χ0) is 11.6. The number of rotatable bonds is 4. The van der Waals surface area contributed by atoms with E-state index < -0.39 is 5.54 Å². The Morgan fingerprint density at radius 3 is 2.88 bits per heavy atom. The number of nitrogens with zero attached hydrogens (tertiary/aromatic N) is 2. The van der Waals surface area contributed by atoms with Gasteiger partial charge in [-0.2, -0.15) is 16.3 Å². The molecule has 94 valence electrons. The lowest BCUT2D eigenvalue weighted by Crippen LogP contribution is -2.33. The van der Waals surface area contributed by atoms with E-state index in [0.29, 0.717) is 11.7 Å². The van der Waals surface area contributed by atoms with Crippen LogP contribution >= 0.6 is 23.7 Å². The number of halogens is 1. The molecule has 1 unspecified atom stereocenters. The molecule has 0 aliphatic heterocycles. The van der Waals surface area contributed by atoms with Gasteiger partial charge in [-0.05, 0) is 24.8 Å². The lowest BCUT2D eigenvalue weighted by Gasteiger charge is -2.18. The molecule has 2 rings (SSSR count). The highest BCUT2D eigenvalue weighted by atomic mass is 35.5. The molecule has 2 aromatic rings. The lowest BCUT2D eigenvalue weighted by molar-refractivity contribution is 0.284. The SMILES string of the molecule is CCCC(C)(N)c1nc(-c2ccsc2)no1.Cl. The van der Waals surface area contributed by atoms with Crippen LogP contribution in [-0.2, 0) is 5.54 Å². The van der Waals surface area contributed by atoms with E-state index in [1.54, 1.807) is 11.3 Å². The summed E-state index contributed by atoms with van der Waals surface area (Å²) in [5.74, 6) is 1.12. The van der Waals surface area contributed by atoms with Crippen molar-refractivity contribution < 1.29 is 4.52 Å². The van der Waals surface area contributed by atoms with Crippen molar-refractivity contribution in [2.75, 3.05) is 0 Å². The van der Waals surface area contributed by atoms with Gasteiger partial charge in [-0.15, -0.1) is 12.4 Å². The Labute approximate surface area is 111 Å². The van der Waals surface area contributed by atoms with Crippen molar-refractivity contribution in [3.63, 3.8) is 0 Å². The summed E-state index contributed by atoms with van der Waals surface area (Å²) in [5.41, 5.74) is 6.57. The maximum atomic E-state index is 6.12. The van der Waals surface area contributed by atoms with Crippen LogP contribution < -0.4 is 5.73 Å². The molecule has 17 heavy (non-hydrogen) atoms. The predicted molar refractivity (Wildman–Crippen MR) is 71.3 cm³/mol. The number of thiophene rings is 1. The minimum atomic E-state index is -0.532. The van der Waals surface area contributed by atoms with Gasteiger partial charge in [0.25, 0.3) is 0 Å².